The molecule has 1 rings (SSSR count). The molecule has 90 valence electrons. The molecule has 0 saturated carbocycles. The number of carboxylic acids is 3. The third-order valence-corrected chi connectivity index (χ3v) is 1.73. The number of hydrogen-bond acceptors (Lipinski definition) is 4. The minimum Gasteiger partial charge on any atom is -0.480 e. The van der Waals surface area contributed by atoms with Crippen molar-refractivity contribution in [2.75, 3.05) is 6.54 Å². The van der Waals surface area contributed by atoms with Gasteiger partial charge in [0, 0.05) is 12.2 Å². The highest BCUT2D eigenvalue weighted by molar-refractivity contribution is 5.89. The maximum atomic E-state index is 10.1. The maximum Gasteiger partial charge on any atom is 0.328 e. The number of nitrogens with one attached hydrogen (secondary N) is 1. The molecule has 1 aliphatic rings. The van der Waals surface area contributed by atoms with Gasteiger partial charge >= 0.3 is 17.9 Å². The summed E-state index contributed by atoms with van der Waals surface area (Å²) >= 11 is 0. The second-order valence-corrected chi connectivity index (χ2v) is 3.00. The lowest BCUT2D eigenvalue weighted by atomic mass is 10.2. The molecule has 0 spiro atoms. The van der Waals surface area contributed by atoms with E-state index in [-0.39, 0.29) is 6.04 Å². The van der Waals surface area contributed by atoms with Gasteiger partial charge in [0.25, 0.3) is 0 Å². The van der Waals surface area contributed by atoms with Crippen LogP contribution in [0.25, 0.3) is 0 Å². The molecular formula is C9H13NO6. The van der Waals surface area contributed by atoms with Crippen LogP contribution in [0.3, 0.4) is 0 Å². The summed E-state index contributed by atoms with van der Waals surface area (Å²) in [5.41, 5.74) is 0. The third kappa shape index (κ3) is 7.51. The monoisotopic (exact) mass is 231 g/mol. The van der Waals surface area contributed by atoms with Gasteiger partial charge in [-0.1, -0.05) is 0 Å². The number of rotatable bonds is 3. The van der Waals surface area contributed by atoms with Crippen molar-refractivity contribution in [1.29, 1.82) is 0 Å². The molecule has 0 bridgehead atoms. The predicted molar refractivity (Wildman–Crippen MR) is 53.1 cm³/mol. The van der Waals surface area contributed by atoms with E-state index < -0.39 is 17.9 Å². The Morgan fingerprint density at radius 1 is 1.06 bits per heavy atom. The molecule has 7 nitrogen and oxygen atoms in total. The van der Waals surface area contributed by atoms with Crippen LogP contribution in [-0.2, 0) is 14.4 Å². The lowest BCUT2D eigenvalue weighted by molar-refractivity contribution is -0.139. The maximum absolute atomic E-state index is 10.1. The van der Waals surface area contributed by atoms with Crippen molar-refractivity contribution in [2.45, 2.75) is 18.9 Å². The Balaban J connectivity index is 0.000000281. The SMILES string of the molecule is O=C(O)C1CCCN1.O=C(O)C=CC(=O)O. The topological polar surface area (TPSA) is 124 Å². The van der Waals surface area contributed by atoms with E-state index in [0.717, 1.165) is 19.4 Å². The quantitative estimate of drug-likeness (QED) is 0.484. The van der Waals surface area contributed by atoms with Crippen molar-refractivity contribution >= 4 is 17.9 Å². The van der Waals surface area contributed by atoms with Gasteiger partial charge < -0.3 is 20.6 Å². The van der Waals surface area contributed by atoms with E-state index in [9.17, 15) is 14.4 Å². The molecule has 1 atom stereocenters. The summed E-state index contributed by atoms with van der Waals surface area (Å²) in [6, 6.07) is -0.269. The highest BCUT2D eigenvalue weighted by Gasteiger charge is 2.20. The summed E-state index contributed by atoms with van der Waals surface area (Å²) in [6.07, 6.45) is 2.90. The highest BCUT2D eigenvalue weighted by atomic mass is 16.4. The van der Waals surface area contributed by atoms with Gasteiger partial charge in [0.2, 0.25) is 0 Å². The first-order valence-electron chi connectivity index (χ1n) is 4.53. The Labute approximate surface area is 91.4 Å². The fourth-order valence-corrected chi connectivity index (χ4v) is 1.04. The number of aliphatic carboxylic acids is 3. The summed E-state index contributed by atoms with van der Waals surface area (Å²) in [5.74, 6) is -3.23. The number of hydrogen-bond donors (Lipinski definition) is 4. The minimum absolute atomic E-state index is 0.269. The van der Waals surface area contributed by atoms with Gasteiger partial charge in [0.15, 0.2) is 0 Å². The Bertz CT molecular complexity index is 276. The van der Waals surface area contributed by atoms with Gasteiger partial charge in [0.1, 0.15) is 6.04 Å². The van der Waals surface area contributed by atoms with Crippen molar-refractivity contribution in [3.05, 3.63) is 12.2 Å². The standard InChI is InChI=1S/C5H9NO2.C4H4O4/c7-5(8)4-2-1-3-6-4;5-3(6)1-2-4(7)8/h4,6H,1-3H2,(H,7,8);1-2H,(H,5,6)(H,7,8). The molecule has 0 aromatic rings. The van der Waals surface area contributed by atoms with E-state index in [4.69, 9.17) is 15.3 Å². The fourth-order valence-electron chi connectivity index (χ4n) is 1.04. The van der Waals surface area contributed by atoms with Gasteiger partial charge in [0.05, 0.1) is 0 Å². The van der Waals surface area contributed by atoms with Crippen LogP contribution in [0.2, 0.25) is 0 Å². The van der Waals surface area contributed by atoms with E-state index in [1.807, 2.05) is 0 Å². The van der Waals surface area contributed by atoms with Crippen LogP contribution in [0.5, 0.6) is 0 Å². The zero-order chi connectivity index (χ0) is 12.6. The largest absolute Gasteiger partial charge is 0.480 e. The Morgan fingerprint density at radius 3 is 1.75 bits per heavy atom. The average molecular weight is 231 g/mol. The smallest absolute Gasteiger partial charge is 0.328 e. The summed E-state index contributed by atoms with van der Waals surface area (Å²) < 4.78 is 0. The van der Waals surface area contributed by atoms with Crippen LogP contribution in [0.4, 0.5) is 0 Å². The molecule has 0 aromatic carbocycles. The molecule has 1 heterocycles. The molecule has 0 amide bonds. The first-order valence-corrected chi connectivity index (χ1v) is 4.53. The van der Waals surface area contributed by atoms with Gasteiger partial charge in [-0.2, -0.15) is 0 Å². The number of carbonyl (C=O) groups is 3. The van der Waals surface area contributed by atoms with Crippen LogP contribution in [-0.4, -0.2) is 45.8 Å². The van der Waals surface area contributed by atoms with E-state index in [1.54, 1.807) is 0 Å². The van der Waals surface area contributed by atoms with E-state index >= 15 is 0 Å². The fraction of sp³-hybridized carbons (Fsp3) is 0.444. The van der Waals surface area contributed by atoms with E-state index in [1.165, 1.54) is 0 Å². The van der Waals surface area contributed by atoms with Gasteiger partial charge in [-0.25, -0.2) is 9.59 Å². The zero-order valence-electron chi connectivity index (χ0n) is 8.42. The van der Waals surface area contributed by atoms with Crippen molar-refractivity contribution in [3.63, 3.8) is 0 Å². The zero-order valence-corrected chi connectivity index (χ0v) is 8.42. The van der Waals surface area contributed by atoms with Crippen molar-refractivity contribution in [2.24, 2.45) is 0 Å². The van der Waals surface area contributed by atoms with Crippen LogP contribution in [0.15, 0.2) is 12.2 Å². The van der Waals surface area contributed by atoms with Gasteiger partial charge in [-0.15, -0.1) is 0 Å². The molecule has 1 unspecified atom stereocenters. The molecule has 4 N–H and O–H groups in total. The van der Waals surface area contributed by atoms with Crippen LogP contribution < -0.4 is 5.32 Å². The van der Waals surface area contributed by atoms with Gasteiger partial charge in [-0.05, 0) is 19.4 Å². The van der Waals surface area contributed by atoms with Crippen LogP contribution >= 0.6 is 0 Å². The Hall–Kier alpha value is -1.89. The van der Waals surface area contributed by atoms with Crippen LogP contribution in [0, 0.1) is 0 Å². The molecule has 0 aliphatic carbocycles. The third-order valence-electron chi connectivity index (χ3n) is 1.73. The normalized spacial score (nSPS) is 18.9. The van der Waals surface area contributed by atoms with Crippen molar-refractivity contribution < 1.29 is 29.7 Å². The average Bonchev–Trinajstić information content (AvgIpc) is 2.68. The molecule has 7 heteroatoms. The van der Waals surface area contributed by atoms with Crippen molar-refractivity contribution in [1.82, 2.24) is 5.32 Å². The summed E-state index contributed by atoms with van der Waals surface area (Å²) in [6.45, 7) is 0.858. The Morgan fingerprint density at radius 2 is 1.56 bits per heavy atom. The summed E-state index contributed by atoms with van der Waals surface area (Å²) in [4.78, 5) is 29.2. The number of carboxylic acid groups (broad SMARTS) is 3. The second kappa shape index (κ2) is 7.41. The van der Waals surface area contributed by atoms with E-state index in [0.29, 0.717) is 12.2 Å². The summed E-state index contributed by atoms with van der Waals surface area (Å²) in [5, 5.41) is 26.8. The summed E-state index contributed by atoms with van der Waals surface area (Å²) in [7, 11) is 0. The lowest BCUT2D eigenvalue weighted by Gasteiger charge is -1.99. The molecule has 1 aliphatic heterocycles. The highest BCUT2D eigenvalue weighted by Crippen LogP contribution is 2.03. The van der Waals surface area contributed by atoms with Gasteiger partial charge in [-0.3, -0.25) is 4.79 Å². The molecule has 0 radical (unpaired) electrons. The first-order chi connectivity index (χ1) is 7.43. The molecule has 1 fully saturated rings. The Kier molecular flexibility index (Phi) is 6.53. The molecule has 0 aromatic heterocycles. The first kappa shape index (κ1) is 14.1. The van der Waals surface area contributed by atoms with Crippen LogP contribution in [0.1, 0.15) is 12.8 Å². The molecule has 1 saturated heterocycles. The molecular weight excluding hydrogens is 218 g/mol. The molecule has 16 heavy (non-hydrogen) atoms. The minimum atomic E-state index is -1.26. The van der Waals surface area contributed by atoms with Crippen molar-refractivity contribution in [3.8, 4) is 0 Å². The van der Waals surface area contributed by atoms with E-state index in [2.05, 4.69) is 5.32 Å². The lowest BCUT2D eigenvalue weighted by Crippen LogP contribution is -2.29. The predicted octanol–water partition coefficient (Wildman–Crippen LogP) is -0.465. The second-order valence-electron chi connectivity index (χ2n) is 3.00.